The molecule has 0 saturated carbocycles. The number of hydrogen-bond donors (Lipinski definition) is 0. The fraction of sp³-hybridized carbons (Fsp3) is 0.294. The maximum atomic E-state index is 11.3. The van der Waals surface area contributed by atoms with E-state index in [0.717, 1.165) is 18.4 Å². The average molecular weight is 291 g/mol. The molecule has 22 heavy (non-hydrogen) atoms. The molecule has 0 unspecified atom stereocenters. The minimum atomic E-state index is -0.332. The predicted molar refractivity (Wildman–Crippen MR) is 87.6 cm³/mol. The molecular weight excluding hydrogens is 273 g/mol. The van der Waals surface area contributed by atoms with Gasteiger partial charge >= 0.3 is 0 Å². The molecule has 1 aromatic heterocycles. The number of hydrogen-bond acceptors (Lipinski definition) is 2. The number of amides is 1. The Kier molecular flexibility index (Phi) is 4.14. The monoisotopic (exact) mass is 291 g/mol. The van der Waals surface area contributed by atoms with E-state index in [1.54, 1.807) is 4.90 Å². The number of nitrogens with zero attached hydrogens (tertiary/aromatic N) is 3. The Hall–Kier alpha value is -2.30. The van der Waals surface area contributed by atoms with Gasteiger partial charge < -0.3 is 4.90 Å². The number of likely N-dealkylation sites (tertiary alicyclic amines) is 1. The molecule has 4 nitrogen and oxygen atoms in total. The molecular formula is C17H18BN3O. The summed E-state index contributed by atoms with van der Waals surface area (Å²) in [5.74, 6) is -0.332. The van der Waals surface area contributed by atoms with Crippen molar-refractivity contribution in [3.63, 3.8) is 0 Å². The van der Waals surface area contributed by atoms with Crippen LogP contribution < -0.4 is 0 Å². The highest BCUT2D eigenvalue weighted by Crippen LogP contribution is 2.32. The van der Waals surface area contributed by atoms with Gasteiger partial charge in [-0.15, -0.1) is 0 Å². The molecule has 2 aromatic rings. The van der Waals surface area contributed by atoms with Gasteiger partial charge in [0.25, 0.3) is 0 Å². The molecule has 3 rings (SSSR count). The largest absolute Gasteiger partial charge is 0.352 e. The van der Waals surface area contributed by atoms with Crippen molar-refractivity contribution in [3.8, 4) is 0 Å². The Labute approximate surface area is 131 Å². The van der Waals surface area contributed by atoms with E-state index < -0.39 is 0 Å². The number of carbonyl (C=O) groups excluding carboxylic acids is 1. The average Bonchev–Trinajstić information content (AvgIpc) is 2.95. The molecule has 1 aliphatic heterocycles. The van der Waals surface area contributed by atoms with Gasteiger partial charge in [0.05, 0.1) is 6.20 Å². The minimum Gasteiger partial charge on any atom is -0.352 e. The van der Waals surface area contributed by atoms with Crippen LogP contribution in [0.15, 0.2) is 48.3 Å². The molecule has 0 bridgehead atoms. The molecule has 1 aliphatic rings. The lowest BCUT2D eigenvalue weighted by Crippen LogP contribution is -2.35. The van der Waals surface area contributed by atoms with E-state index in [9.17, 15) is 4.79 Å². The van der Waals surface area contributed by atoms with Crippen LogP contribution in [0.4, 0.5) is 4.79 Å². The van der Waals surface area contributed by atoms with E-state index in [-0.39, 0.29) is 5.81 Å². The summed E-state index contributed by atoms with van der Waals surface area (Å²) in [7, 11) is 7.29. The Morgan fingerprint density at radius 1 is 1.14 bits per heavy atom. The van der Waals surface area contributed by atoms with Crippen LogP contribution in [-0.4, -0.2) is 41.4 Å². The first-order chi connectivity index (χ1) is 10.6. The van der Waals surface area contributed by atoms with Gasteiger partial charge in [-0.2, -0.15) is 5.10 Å². The lowest BCUT2D eigenvalue weighted by atomic mass is 9.89. The van der Waals surface area contributed by atoms with Gasteiger partial charge in [-0.05, 0) is 24.0 Å². The highest BCUT2D eigenvalue weighted by atomic mass is 16.1. The normalized spacial score (nSPS) is 15.0. The number of carbonyl (C=O) groups is 1. The zero-order valence-corrected chi connectivity index (χ0v) is 12.7. The molecule has 110 valence electrons. The molecule has 0 aliphatic carbocycles. The quantitative estimate of drug-likeness (QED) is 0.798. The third kappa shape index (κ3) is 2.98. The van der Waals surface area contributed by atoms with Crippen LogP contribution in [-0.2, 0) is 7.05 Å². The first-order valence-corrected chi connectivity index (χ1v) is 7.46. The summed E-state index contributed by atoms with van der Waals surface area (Å²) in [6.45, 7) is 1.36. The summed E-state index contributed by atoms with van der Waals surface area (Å²) in [5, 5.41) is 4.30. The van der Waals surface area contributed by atoms with Crippen molar-refractivity contribution in [2.45, 2.75) is 12.8 Å². The zero-order chi connectivity index (χ0) is 15.5. The third-order valence-electron chi connectivity index (χ3n) is 4.09. The molecule has 5 heteroatoms. The van der Waals surface area contributed by atoms with Crippen molar-refractivity contribution < 1.29 is 4.79 Å². The SMILES string of the molecule is [B]C(=O)N1CCC(=C(c2ccccc2)c2cnn(C)c2)CC1. The lowest BCUT2D eigenvalue weighted by Gasteiger charge is -2.29. The standard InChI is InChI=1S/C17H18BN3O/c1-20-12-15(11-19-20)16(13-5-3-2-4-6-13)14-7-9-21(10-8-14)17(18)22/h2-6,11-12H,7-10H2,1H3. The number of rotatable bonds is 2. The molecule has 1 amide bonds. The summed E-state index contributed by atoms with van der Waals surface area (Å²) in [5.41, 5.74) is 4.91. The maximum Gasteiger partial charge on any atom is 0.200 e. The van der Waals surface area contributed by atoms with Crippen LogP contribution in [0.1, 0.15) is 24.0 Å². The van der Waals surface area contributed by atoms with Crippen LogP contribution in [0, 0.1) is 0 Å². The first kappa shape index (κ1) is 14.6. The molecule has 1 fully saturated rings. The molecule has 0 spiro atoms. The Morgan fingerprint density at radius 2 is 1.82 bits per heavy atom. The summed E-state index contributed by atoms with van der Waals surface area (Å²) in [4.78, 5) is 13.0. The lowest BCUT2D eigenvalue weighted by molar-refractivity contribution is 0.217. The van der Waals surface area contributed by atoms with Crippen molar-refractivity contribution in [1.29, 1.82) is 0 Å². The van der Waals surface area contributed by atoms with Gasteiger partial charge in [-0.25, -0.2) is 0 Å². The van der Waals surface area contributed by atoms with Crippen LogP contribution >= 0.6 is 0 Å². The van der Waals surface area contributed by atoms with Crippen LogP contribution in [0.2, 0.25) is 0 Å². The Bertz CT molecular complexity index is 696. The van der Waals surface area contributed by atoms with Crippen LogP contribution in [0.5, 0.6) is 0 Å². The maximum absolute atomic E-state index is 11.3. The number of aromatic nitrogens is 2. The third-order valence-corrected chi connectivity index (χ3v) is 4.09. The van der Waals surface area contributed by atoms with Gasteiger partial charge in [0.15, 0.2) is 5.81 Å². The molecule has 1 aromatic carbocycles. The fourth-order valence-electron chi connectivity index (χ4n) is 2.98. The summed E-state index contributed by atoms with van der Waals surface area (Å²) in [6.07, 6.45) is 5.63. The smallest absolute Gasteiger partial charge is 0.200 e. The zero-order valence-electron chi connectivity index (χ0n) is 12.7. The van der Waals surface area contributed by atoms with Crippen molar-refractivity contribution in [2.24, 2.45) is 7.05 Å². The molecule has 0 atom stereocenters. The van der Waals surface area contributed by atoms with Crippen LogP contribution in [0.25, 0.3) is 5.57 Å². The second-order valence-corrected chi connectivity index (χ2v) is 5.57. The Morgan fingerprint density at radius 3 is 2.36 bits per heavy atom. The summed E-state index contributed by atoms with van der Waals surface area (Å²) < 4.78 is 1.82. The van der Waals surface area contributed by atoms with Gasteiger partial charge in [-0.3, -0.25) is 9.48 Å². The van der Waals surface area contributed by atoms with Gasteiger partial charge in [0.1, 0.15) is 0 Å². The second-order valence-electron chi connectivity index (χ2n) is 5.57. The topological polar surface area (TPSA) is 38.1 Å². The summed E-state index contributed by atoms with van der Waals surface area (Å²) in [6, 6.07) is 10.4. The van der Waals surface area contributed by atoms with E-state index in [2.05, 4.69) is 17.2 Å². The van der Waals surface area contributed by atoms with E-state index in [1.807, 2.05) is 42.3 Å². The van der Waals surface area contributed by atoms with Crippen molar-refractivity contribution in [3.05, 3.63) is 59.4 Å². The van der Waals surface area contributed by atoms with Crippen molar-refractivity contribution >= 4 is 19.2 Å². The highest BCUT2D eigenvalue weighted by molar-refractivity contribution is 6.56. The minimum absolute atomic E-state index is 0.332. The van der Waals surface area contributed by atoms with E-state index in [1.165, 1.54) is 16.7 Å². The first-order valence-electron chi connectivity index (χ1n) is 7.46. The molecule has 2 heterocycles. The van der Waals surface area contributed by atoms with E-state index >= 15 is 0 Å². The molecule has 1 saturated heterocycles. The van der Waals surface area contributed by atoms with Crippen molar-refractivity contribution in [2.75, 3.05) is 13.1 Å². The summed E-state index contributed by atoms with van der Waals surface area (Å²) >= 11 is 0. The van der Waals surface area contributed by atoms with Gasteiger partial charge in [0, 0.05) is 31.9 Å². The second kappa shape index (κ2) is 6.22. The predicted octanol–water partition coefficient (Wildman–Crippen LogP) is 2.61. The number of benzene rings is 1. The van der Waals surface area contributed by atoms with Gasteiger partial charge in [0.2, 0.25) is 7.85 Å². The number of aryl methyl sites for hydroxylation is 1. The van der Waals surface area contributed by atoms with Crippen molar-refractivity contribution in [1.82, 2.24) is 14.7 Å². The number of piperidine rings is 1. The van der Waals surface area contributed by atoms with Gasteiger partial charge in [-0.1, -0.05) is 35.9 Å². The van der Waals surface area contributed by atoms with E-state index in [4.69, 9.17) is 7.85 Å². The highest BCUT2D eigenvalue weighted by Gasteiger charge is 2.20. The Balaban J connectivity index is 1.99. The van der Waals surface area contributed by atoms with E-state index in [0.29, 0.717) is 13.1 Å². The van der Waals surface area contributed by atoms with Crippen LogP contribution in [0.3, 0.4) is 0 Å². The fourth-order valence-corrected chi connectivity index (χ4v) is 2.98. The molecule has 0 N–H and O–H groups in total. The molecule has 2 radical (unpaired) electrons.